The zero-order chi connectivity index (χ0) is 20.2. The molecule has 6 nitrogen and oxygen atoms in total. The van der Waals surface area contributed by atoms with Crippen molar-refractivity contribution in [1.82, 2.24) is 15.5 Å². The lowest BCUT2D eigenvalue weighted by Gasteiger charge is -2.34. The predicted octanol–water partition coefficient (Wildman–Crippen LogP) is 3.05. The summed E-state index contributed by atoms with van der Waals surface area (Å²) in [5.74, 6) is 2.04. The predicted molar refractivity (Wildman–Crippen MR) is 113 cm³/mol. The molecule has 2 saturated heterocycles. The molecule has 7 heteroatoms. The quantitative estimate of drug-likeness (QED) is 0.595. The molecule has 0 bridgehead atoms. The van der Waals surface area contributed by atoms with Crippen molar-refractivity contribution in [3.05, 3.63) is 35.3 Å². The molecule has 2 aromatic rings. The molecule has 2 fully saturated rings. The van der Waals surface area contributed by atoms with Gasteiger partial charge in [0, 0.05) is 50.3 Å². The number of hydrogen-bond donors (Lipinski definition) is 2. The fourth-order valence-corrected chi connectivity index (χ4v) is 4.32. The van der Waals surface area contributed by atoms with Gasteiger partial charge in [0.05, 0.1) is 13.2 Å². The number of fused-ring (bicyclic) bond motifs is 1. The molecular formula is C22H31FN4O2. The van der Waals surface area contributed by atoms with E-state index in [-0.39, 0.29) is 5.82 Å². The fraction of sp³-hybridized carbons (Fsp3) is 0.591. The molecule has 0 amide bonds. The SMILES string of the molecule is CN=C(NCc1oc2ccc(F)cc2c1C)NC1CCN(CC2CCOC2)CC1. The van der Waals surface area contributed by atoms with Gasteiger partial charge in [-0.05, 0) is 50.3 Å². The Morgan fingerprint density at radius 1 is 1.28 bits per heavy atom. The summed E-state index contributed by atoms with van der Waals surface area (Å²) in [5.41, 5.74) is 1.68. The van der Waals surface area contributed by atoms with Crippen LogP contribution in [0.15, 0.2) is 27.6 Å². The molecule has 0 spiro atoms. The van der Waals surface area contributed by atoms with Crippen molar-refractivity contribution in [1.29, 1.82) is 0 Å². The molecule has 0 aliphatic carbocycles. The van der Waals surface area contributed by atoms with Crippen LogP contribution >= 0.6 is 0 Å². The first-order valence-corrected chi connectivity index (χ1v) is 10.6. The Morgan fingerprint density at radius 3 is 2.83 bits per heavy atom. The highest BCUT2D eigenvalue weighted by atomic mass is 19.1. The van der Waals surface area contributed by atoms with E-state index >= 15 is 0 Å². The minimum atomic E-state index is -0.245. The molecule has 3 heterocycles. The molecule has 1 atom stereocenters. The molecule has 1 aromatic carbocycles. The maximum absolute atomic E-state index is 13.5. The minimum absolute atomic E-state index is 0.245. The number of hydrogen-bond acceptors (Lipinski definition) is 4. The van der Waals surface area contributed by atoms with Crippen molar-refractivity contribution >= 4 is 16.9 Å². The lowest BCUT2D eigenvalue weighted by Crippen LogP contribution is -2.49. The number of likely N-dealkylation sites (tertiary alicyclic amines) is 1. The number of ether oxygens (including phenoxy) is 1. The topological polar surface area (TPSA) is 62.0 Å². The van der Waals surface area contributed by atoms with E-state index in [0.29, 0.717) is 24.1 Å². The molecule has 29 heavy (non-hydrogen) atoms. The minimum Gasteiger partial charge on any atom is -0.459 e. The first kappa shape index (κ1) is 20.2. The lowest BCUT2D eigenvalue weighted by atomic mass is 10.0. The highest BCUT2D eigenvalue weighted by Crippen LogP contribution is 2.26. The summed E-state index contributed by atoms with van der Waals surface area (Å²) in [6.45, 7) is 7.70. The Morgan fingerprint density at radius 2 is 2.10 bits per heavy atom. The first-order valence-electron chi connectivity index (χ1n) is 10.6. The Hall–Kier alpha value is -2.12. The van der Waals surface area contributed by atoms with Gasteiger partial charge < -0.3 is 24.7 Å². The second-order valence-corrected chi connectivity index (χ2v) is 8.17. The molecular weight excluding hydrogens is 371 g/mol. The average Bonchev–Trinajstić information content (AvgIpc) is 3.35. The number of benzene rings is 1. The van der Waals surface area contributed by atoms with Gasteiger partial charge in [0.1, 0.15) is 17.2 Å². The molecule has 158 valence electrons. The normalized spacial score (nSPS) is 21.8. The third-order valence-corrected chi connectivity index (χ3v) is 6.11. The number of guanidine groups is 1. The maximum Gasteiger partial charge on any atom is 0.191 e. The van der Waals surface area contributed by atoms with Gasteiger partial charge in [-0.3, -0.25) is 4.99 Å². The summed E-state index contributed by atoms with van der Waals surface area (Å²) in [4.78, 5) is 6.92. The van der Waals surface area contributed by atoms with Crippen LogP contribution in [0.4, 0.5) is 4.39 Å². The molecule has 4 rings (SSSR count). The summed E-state index contributed by atoms with van der Waals surface area (Å²) in [7, 11) is 1.78. The van der Waals surface area contributed by atoms with Gasteiger partial charge in [0.15, 0.2) is 5.96 Å². The van der Waals surface area contributed by atoms with Crippen molar-refractivity contribution in [2.24, 2.45) is 10.9 Å². The highest BCUT2D eigenvalue weighted by molar-refractivity contribution is 5.83. The number of aliphatic imine (C=N–C) groups is 1. The Bertz CT molecular complexity index is 852. The van der Waals surface area contributed by atoms with Gasteiger partial charge in [-0.2, -0.15) is 0 Å². The van der Waals surface area contributed by atoms with Crippen molar-refractivity contribution in [2.75, 3.05) is 39.9 Å². The summed E-state index contributed by atoms with van der Waals surface area (Å²) in [6.07, 6.45) is 3.41. The Balaban J connectivity index is 1.26. The van der Waals surface area contributed by atoms with Crippen LogP contribution in [0.5, 0.6) is 0 Å². The van der Waals surface area contributed by atoms with Gasteiger partial charge in [-0.25, -0.2) is 4.39 Å². The van der Waals surface area contributed by atoms with Crippen LogP contribution in [0.1, 0.15) is 30.6 Å². The van der Waals surface area contributed by atoms with E-state index < -0.39 is 0 Å². The van der Waals surface area contributed by atoms with Crippen LogP contribution in [0.2, 0.25) is 0 Å². The van der Waals surface area contributed by atoms with Crippen molar-refractivity contribution < 1.29 is 13.5 Å². The highest BCUT2D eigenvalue weighted by Gasteiger charge is 2.24. The summed E-state index contributed by atoms with van der Waals surface area (Å²) >= 11 is 0. The Labute approximate surface area is 171 Å². The van der Waals surface area contributed by atoms with Crippen LogP contribution in [0, 0.1) is 18.7 Å². The molecule has 2 N–H and O–H groups in total. The molecule has 2 aliphatic heterocycles. The fourth-order valence-electron chi connectivity index (χ4n) is 4.32. The smallest absolute Gasteiger partial charge is 0.191 e. The van der Waals surface area contributed by atoms with Crippen LogP contribution in [0.3, 0.4) is 0 Å². The number of halogens is 1. The van der Waals surface area contributed by atoms with E-state index in [9.17, 15) is 4.39 Å². The van der Waals surface area contributed by atoms with Gasteiger partial charge in [-0.15, -0.1) is 0 Å². The maximum atomic E-state index is 13.5. The lowest BCUT2D eigenvalue weighted by molar-refractivity contribution is 0.150. The van der Waals surface area contributed by atoms with Gasteiger partial charge >= 0.3 is 0 Å². The van der Waals surface area contributed by atoms with Crippen LogP contribution < -0.4 is 10.6 Å². The molecule has 1 aromatic heterocycles. The Kier molecular flexibility index (Phi) is 6.35. The second-order valence-electron chi connectivity index (χ2n) is 8.17. The third-order valence-electron chi connectivity index (χ3n) is 6.11. The van der Waals surface area contributed by atoms with Gasteiger partial charge in [0.2, 0.25) is 0 Å². The van der Waals surface area contributed by atoms with Gasteiger partial charge in [0.25, 0.3) is 0 Å². The average molecular weight is 403 g/mol. The van der Waals surface area contributed by atoms with Crippen molar-refractivity contribution in [2.45, 2.75) is 38.8 Å². The largest absolute Gasteiger partial charge is 0.459 e. The van der Waals surface area contributed by atoms with Crippen LogP contribution in [0.25, 0.3) is 11.0 Å². The number of aryl methyl sites for hydroxylation is 1. The molecule has 1 unspecified atom stereocenters. The number of furan rings is 1. The first-order chi connectivity index (χ1) is 14.1. The molecule has 0 radical (unpaired) electrons. The third kappa shape index (κ3) is 4.90. The van der Waals surface area contributed by atoms with Crippen molar-refractivity contribution in [3.8, 4) is 0 Å². The summed E-state index contributed by atoms with van der Waals surface area (Å²) in [6, 6.07) is 5.05. The van der Waals surface area contributed by atoms with E-state index in [2.05, 4.69) is 20.5 Å². The number of piperidine rings is 1. The second kappa shape index (κ2) is 9.13. The standard InChI is InChI=1S/C22H31FN4O2/c1-15-19-11-17(23)3-4-20(19)29-21(15)12-25-22(24-2)26-18-5-8-27(9-6-18)13-16-7-10-28-14-16/h3-4,11,16,18H,5-10,12-14H2,1-2H3,(H2,24,25,26). The van der Waals surface area contributed by atoms with E-state index in [0.717, 1.165) is 68.4 Å². The zero-order valence-corrected chi connectivity index (χ0v) is 17.3. The van der Waals surface area contributed by atoms with E-state index in [1.165, 1.54) is 18.6 Å². The van der Waals surface area contributed by atoms with Crippen LogP contribution in [-0.2, 0) is 11.3 Å². The summed E-state index contributed by atoms with van der Waals surface area (Å²) in [5, 5.41) is 7.70. The molecule has 0 saturated carbocycles. The van der Waals surface area contributed by atoms with Gasteiger partial charge in [-0.1, -0.05) is 0 Å². The molecule has 2 aliphatic rings. The number of nitrogens with one attached hydrogen (secondary N) is 2. The zero-order valence-electron chi connectivity index (χ0n) is 17.3. The van der Waals surface area contributed by atoms with E-state index in [4.69, 9.17) is 9.15 Å². The van der Waals surface area contributed by atoms with Crippen molar-refractivity contribution in [3.63, 3.8) is 0 Å². The number of rotatable bonds is 5. The summed E-state index contributed by atoms with van der Waals surface area (Å²) < 4.78 is 24.9. The monoisotopic (exact) mass is 402 g/mol. The van der Waals surface area contributed by atoms with E-state index in [1.54, 1.807) is 13.1 Å². The van der Waals surface area contributed by atoms with Crippen LogP contribution in [-0.4, -0.2) is 56.8 Å². The van der Waals surface area contributed by atoms with E-state index in [1.807, 2.05) is 6.92 Å². The number of nitrogens with zero attached hydrogens (tertiary/aromatic N) is 2.